The Labute approximate surface area is 164 Å². The second-order valence-corrected chi connectivity index (χ2v) is 7.41. The van der Waals surface area contributed by atoms with Gasteiger partial charge in [0.25, 0.3) is 5.56 Å². The number of hydrogen-bond acceptors (Lipinski definition) is 4. The number of nitrogens with one attached hydrogen (secondary N) is 2. The molecule has 7 heteroatoms. The highest BCUT2D eigenvalue weighted by Gasteiger charge is 2.11. The summed E-state index contributed by atoms with van der Waals surface area (Å²) in [5, 5.41) is 4.62. The Hall–Kier alpha value is -3.45. The summed E-state index contributed by atoms with van der Waals surface area (Å²) in [7, 11) is 0. The van der Waals surface area contributed by atoms with Gasteiger partial charge in [-0.1, -0.05) is 29.8 Å². The zero-order valence-electron chi connectivity index (χ0n) is 15.1. The Balaban J connectivity index is 1.54. The predicted octanol–water partition coefficient (Wildman–Crippen LogP) is 3.23. The molecule has 2 aromatic carbocycles. The van der Waals surface area contributed by atoms with E-state index < -0.39 is 5.69 Å². The summed E-state index contributed by atoms with van der Waals surface area (Å²) in [6, 6.07) is 16.1. The molecule has 0 aliphatic heterocycles. The molecule has 1 amide bonds. The van der Waals surface area contributed by atoms with Gasteiger partial charge in [0, 0.05) is 5.69 Å². The number of aromatic amines is 1. The third kappa shape index (κ3) is 3.52. The van der Waals surface area contributed by atoms with Gasteiger partial charge < -0.3 is 10.3 Å². The standard InChI is InChI=1S/C21H17N3O3S/c1-13-2-6-15(7-3-13)22-18(25)12-14-4-8-16(9-5-14)24-20(26)19-17(10-11-28-19)23-21(24)27/h2-11H,12H2,1H3,(H,22,25)(H,23,27). The molecule has 0 aliphatic rings. The molecular formula is C21H17N3O3S. The van der Waals surface area contributed by atoms with E-state index in [2.05, 4.69) is 10.3 Å². The molecule has 0 fully saturated rings. The lowest BCUT2D eigenvalue weighted by molar-refractivity contribution is -0.115. The summed E-state index contributed by atoms with van der Waals surface area (Å²) >= 11 is 1.29. The minimum absolute atomic E-state index is 0.133. The molecule has 0 atom stereocenters. The summed E-state index contributed by atoms with van der Waals surface area (Å²) in [6.45, 7) is 1.99. The summed E-state index contributed by atoms with van der Waals surface area (Å²) in [4.78, 5) is 39.8. The van der Waals surface area contributed by atoms with Crippen molar-refractivity contribution in [1.82, 2.24) is 9.55 Å². The van der Waals surface area contributed by atoms with E-state index in [0.29, 0.717) is 15.9 Å². The van der Waals surface area contributed by atoms with Gasteiger partial charge in [0.05, 0.1) is 17.6 Å². The summed E-state index contributed by atoms with van der Waals surface area (Å²) in [5.41, 5.74) is 2.83. The summed E-state index contributed by atoms with van der Waals surface area (Å²) in [5.74, 6) is -0.133. The third-order valence-corrected chi connectivity index (χ3v) is 5.30. The molecule has 2 N–H and O–H groups in total. The van der Waals surface area contributed by atoms with E-state index in [1.807, 2.05) is 31.2 Å². The molecule has 2 aromatic heterocycles. The number of benzene rings is 2. The lowest BCUT2D eigenvalue weighted by atomic mass is 10.1. The van der Waals surface area contributed by atoms with Crippen LogP contribution in [-0.2, 0) is 11.2 Å². The van der Waals surface area contributed by atoms with Gasteiger partial charge in [0.2, 0.25) is 5.91 Å². The average molecular weight is 391 g/mol. The number of anilines is 1. The van der Waals surface area contributed by atoms with Crippen molar-refractivity contribution < 1.29 is 4.79 Å². The van der Waals surface area contributed by atoms with E-state index >= 15 is 0 Å². The number of H-pyrrole nitrogens is 1. The zero-order chi connectivity index (χ0) is 19.7. The smallest absolute Gasteiger partial charge is 0.326 e. The number of nitrogens with zero attached hydrogens (tertiary/aromatic N) is 1. The van der Waals surface area contributed by atoms with Crippen LogP contribution in [-0.4, -0.2) is 15.5 Å². The maximum Gasteiger partial charge on any atom is 0.333 e. The van der Waals surface area contributed by atoms with Gasteiger partial charge in [0.15, 0.2) is 0 Å². The first-order valence-corrected chi connectivity index (χ1v) is 9.57. The van der Waals surface area contributed by atoms with Crippen LogP contribution in [0.1, 0.15) is 11.1 Å². The first-order valence-electron chi connectivity index (χ1n) is 8.69. The average Bonchev–Trinajstić information content (AvgIpc) is 3.13. The van der Waals surface area contributed by atoms with Gasteiger partial charge >= 0.3 is 5.69 Å². The predicted molar refractivity (Wildman–Crippen MR) is 112 cm³/mol. The molecule has 0 aliphatic carbocycles. The topological polar surface area (TPSA) is 84.0 Å². The molecule has 4 rings (SSSR count). The molecule has 140 valence electrons. The number of carbonyl (C=O) groups excluding carboxylic acids is 1. The molecule has 0 saturated carbocycles. The Kier molecular flexibility index (Phi) is 4.67. The molecule has 2 heterocycles. The normalized spacial score (nSPS) is 10.9. The molecule has 0 unspecified atom stereocenters. The quantitative estimate of drug-likeness (QED) is 0.560. The van der Waals surface area contributed by atoms with Crippen LogP contribution in [0, 0.1) is 6.92 Å². The van der Waals surface area contributed by atoms with Crippen LogP contribution in [0.2, 0.25) is 0 Å². The molecule has 0 saturated heterocycles. The fourth-order valence-corrected chi connectivity index (χ4v) is 3.74. The molecule has 0 radical (unpaired) electrons. The van der Waals surface area contributed by atoms with Crippen molar-refractivity contribution >= 4 is 33.1 Å². The van der Waals surface area contributed by atoms with Gasteiger partial charge in [-0.25, -0.2) is 9.36 Å². The van der Waals surface area contributed by atoms with Crippen LogP contribution in [0.5, 0.6) is 0 Å². The molecule has 6 nitrogen and oxygen atoms in total. The monoisotopic (exact) mass is 391 g/mol. The minimum Gasteiger partial charge on any atom is -0.326 e. The van der Waals surface area contributed by atoms with Crippen LogP contribution in [0.25, 0.3) is 15.9 Å². The van der Waals surface area contributed by atoms with Crippen LogP contribution in [0.3, 0.4) is 0 Å². The maximum atomic E-state index is 12.6. The van der Waals surface area contributed by atoms with E-state index in [9.17, 15) is 14.4 Å². The van der Waals surface area contributed by atoms with Gasteiger partial charge in [-0.15, -0.1) is 11.3 Å². The molecule has 0 spiro atoms. The second-order valence-electron chi connectivity index (χ2n) is 6.49. The van der Waals surface area contributed by atoms with Crippen molar-refractivity contribution in [1.29, 1.82) is 0 Å². The Morgan fingerprint density at radius 1 is 1.04 bits per heavy atom. The van der Waals surface area contributed by atoms with E-state index in [-0.39, 0.29) is 17.9 Å². The van der Waals surface area contributed by atoms with Crippen LogP contribution in [0.4, 0.5) is 5.69 Å². The van der Waals surface area contributed by atoms with Crippen molar-refractivity contribution in [2.45, 2.75) is 13.3 Å². The highest BCUT2D eigenvalue weighted by atomic mass is 32.1. The maximum absolute atomic E-state index is 12.6. The number of fused-ring (bicyclic) bond motifs is 1. The van der Waals surface area contributed by atoms with Crippen molar-refractivity contribution in [3.05, 3.63) is 91.9 Å². The number of aromatic nitrogens is 2. The Bertz CT molecular complexity index is 1270. The van der Waals surface area contributed by atoms with Crippen LogP contribution >= 0.6 is 11.3 Å². The largest absolute Gasteiger partial charge is 0.333 e. The number of hydrogen-bond donors (Lipinski definition) is 2. The van der Waals surface area contributed by atoms with E-state index in [4.69, 9.17) is 0 Å². The Morgan fingerprint density at radius 2 is 1.75 bits per heavy atom. The zero-order valence-corrected chi connectivity index (χ0v) is 15.9. The second kappa shape index (κ2) is 7.28. The van der Waals surface area contributed by atoms with Gasteiger partial charge in [-0.3, -0.25) is 9.59 Å². The van der Waals surface area contributed by atoms with Crippen LogP contribution < -0.4 is 16.6 Å². The summed E-state index contributed by atoms with van der Waals surface area (Å²) in [6.07, 6.45) is 0.198. The van der Waals surface area contributed by atoms with Crippen LogP contribution in [0.15, 0.2) is 69.6 Å². The van der Waals surface area contributed by atoms with Crippen molar-refractivity contribution in [3.8, 4) is 5.69 Å². The highest BCUT2D eigenvalue weighted by Crippen LogP contribution is 2.14. The number of thiophene rings is 1. The molecule has 4 aromatic rings. The number of aryl methyl sites for hydroxylation is 1. The van der Waals surface area contributed by atoms with E-state index in [1.165, 1.54) is 11.3 Å². The van der Waals surface area contributed by atoms with E-state index in [1.54, 1.807) is 35.7 Å². The Morgan fingerprint density at radius 3 is 2.46 bits per heavy atom. The first kappa shape index (κ1) is 17.9. The number of carbonyl (C=O) groups is 1. The first-order chi connectivity index (χ1) is 13.5. The molecular weight excluding hydrogens is 374 g/mol. The lowest BCUT2D eigenvalue weighted by Gasteiger charge is -2.08. The molecule has 28 heavy (non-hydrogen) atoms. The van der Waals surface area contributed by atoms with Gasteiger partial charge in [-0.2, -0.15) is 0 Å². The summed E-state index contributed by atoms with van der Waals surface area (Å²) < 4.78 is 1.61. The van der Waals surface area contributed by atoms with E-state index in [0.717, 1.165) is 21.4 Å². The SMILES string of the molecule is Cc1ccc(NC(=O)Cc2ccc(-n3c(=O)[nH]c4ccsc4c3=O)cc2)cc1. The van der Waals surface area contributed by atoms with Crippen molar-refractivity contribution in [2.24, 2.45) is 0 Å². The fraction of sp³-hybridized carbons (Fsp3) is 0.0952. The van der Waals surface area contributed by atoms with Crippen molar-refractivity contribution in [2.75, 3.05) is 5.32 Å². The lowest BCUT2D eigenvalue weighted by Crippen LogP contribution is -2.32. The fourth-order valence-electron chi connectivity index (χ4n) is 2.96. The molecule has 0 bridgehead atoms. The van der Waals surface area contributed by atoms with Crippen molar-refractivity contribution in [3.63, 3.8) is 0 Å². The number of rotatable bonds is 4. The number of amides is 1. The van der Waals surface area contributed by atoms with Gasteiger partial charge in [0.1, 0.15) is 4.70 Å². The highest BCUT2D eigenvalue weighted by molar-refractivity contribution is 7.17. The van der Waals surface area contributed by atoms with Gasteiger partial charge in [-0.05, 0) is 48.2 Å². The minimum atomic E-state index is -0.485. The third-order valence-electron chi connectivity index (χ3n) is 4.40.